The maximum Gasteiger partial charge on any atom is 0.127 e. The normalized spacial score (nSPS) is 30.8. The minimum absolute atomic E-state index is 0.0475. The van der Waals surface area contributed by atoms with Crippen molar-refractivity contribution in [2.24, 2.45) is 17.8 Å². The molecule has 0 unspecified atom stereocenters. The Kier molecular flexibility index (Phi) is 5.92. The molecule has 144 valence electrons. The highest BCUT2D eigenvalue weighted by molar-refractivity contribution is 5.23. The molecule has 1 heterocycles. The van der Waals surface area contributed by atoms with Crippen molar-refractivity contribution in [3.05, 3.63) is 35.6 Å². The monoisotopic (exact) mass is 360 g/mol. The summed E-state index contributed by atoms with van der Waals surface area (Å²) in [5, 5.41) is 3.76. The van der Waals surface area contributed by atoms with Crippen LogP contribution < -0.4 is 5.32 Å². The molecule has 4 atom stereocenters. The Morgan fingerprint density at radius 3 is 2.62 bits per heavy atom. The fourth-order valence-electron chi connectivity index (χ4n) is 5.67. The summed E-state index contributed by atoms with van der Waals surface area (Å²) in [5.41, 5.74) is 0.878. The molecule has 2 saturated carbocycles. The number of likely N-dealkylation sites (tertiary alicyclic amines) is 1. The molecular weight excluding hydrogens is 327 g/mol. The molecule has 1 aliphatic heterocycles. The van der Waals surface area contributed by atoms with Crippen LogP contribution in [0.15, 0.2) is 24.3 Å². The molecule has 0 aromatic heterocycles. The first-order chi connectivity index (χ1) is 12.7. The van der Waals surface area contributed by atoms with Gasteiger partial charge in [-0.3, -0.25) is 0 Å². The molecule has 4 rings (SSSR count). The first-order valence-corrected chi connectivity index (χ1v) is 10.5. The highest BCUT2D eigenvalue weighted by Gasteiger charge is 2.43. The van der Waals surface area contributed by atoms with Crippen LogP contribution in [-0.2, 0) is 4.74 Å². The molecule has 3 fully saturated rings. The first-order valence-electron chi connectivity index (χ1n) is 10.5. The van der Waals surface area contributed by atoms with E-state index in [1.165, 1.54) is 25.7 Å². The van der Waals surface area contributed by atoms with Crippen LogP contribution in [-0.4, -0.2) is 44.3 Å². The summed E-state index contributed by atoms with van der Waals surface area (Å²) in [6.07, 6.45) is 8.04. The van der Waals surface area contributed by atoms with E-state index in [2.05, 4.69) is 10.2 Å². The third-order valence-electron chi connectivity index (χ3n) is 7.12. The average molecular weight is 361 g/mol. The number of benzene rings is 1. The highest BCUT2D eigenvalue weighted by Crippen LogP contribution is 2.52. The number of halogens is 1. The minimum atomic E-state index is -0.0475. The van der Waals surface area contributed by atoms with Crippen LogP contribution in [0.3, 0.4) is 0 Å². The zero-order valence-electron chi connectivity index (χ0n) is 16.0. The van der Waals surface area contributed by atoms with E-state index in [9.17, 15) is 4.39 Å². The van der Waals surface area contributed by atoms with Crippen molar-refractivity contribution in [2.45, 2.75) is 50.7 Å². The lowest BCUT2D eigenvalue weighted by atomic mass is 9.80. The Hall–Kier alpha value is -0.970. The average Bonchev–Trinajstić information content (AvgIpc) is 3.30. The summed E-state index contributed by atoms with van der Waals surface area (Å²) in [4.78, 5) is 2.52. The number of hydrogen-bond donors (Lipinski definition) is 1. The third kappa shape index (κ3) is 3.97. The van der Waals surface area contributed by atoms with Crippen LogP contribution in [0.4, 0.5) is 4.39 Å². The third-order valence-corrected chi connectivity index (χ3v) is 7.12. The second-order valence-corrected chi connectivity index (χ2v) is 8.57. The van der Waals surface area contributed by atoms with Gasteiger partial charge in [0.2, 0.25) is 0 Å². The number of methoxy groups -OCH3 is 1. The number of hydrogen-bond acceptors (Lipinski definition) is 3. The van der Waals surface area contributed by atoms with Gasteiger partial charge in [0.05, 0.1) is 6.10 Å². The summed E-state index contributed by atoms with van der Waals surface area (Å²) >= 11 is 0. The largest absolute Gasteiger partial charge is 0.381 e. The van der Waals surface area contributed by atoms with Crippen LogP contribution in [0.25, 0.3) is 0 Å². The second-order valence-electron chi connectivity index (χ2n) is 8.57. The van der Waals surface area contributed by atoms with Crippen molar-refractivity contribution in [3.8, 4) is 0 Å². The molecule has 26 heavy (non-hydrogen) atoms. The van der Waals surface area contributed by atoms with Gasteiger partial charge in [0.25, 0.3) is 0 Å². The van der Waals surface area contributed by atoms with E-state index in [1.54, 1.807) is 12.1 Å². The standard InChI is InChI=1S/C22H33FN2O/c1-26-18-8-11-25(12-9-18)13-10-24-22(19-4-2-3-5-21(19)23)20-15-16-6-7-17(20)14-16/h2-5,16-18,20,22,24H,6-15H2,1H3/t16-,17-,20-,22+/m0/s1. The van der Waals surface area contributed by atoms with Crippen molar-refractivity contribution in [3.63, 3.8) is 0 Å². The Morgan fingerprint density at radius 2 is 1.96 bits per heavy atom. The van der Waals surface area contributed by atoms with Crippen molar-refractivity contribution < 1.29 is 9.13 Å². The van der Waals surface area contributed by atoms with Crippen molar-refractivity contribution in [1.29, 1.82) is 0 Å². The molecule has 3 nitrogen and oxygen atoms in total. The quantitative estimate of drug-likeness (QED) is 0.795. The van der Waals surface area contributed by atoms with Gasteiger partial charge in [0.15, 0.2) is 0 Å². The molecule has 1 saturated heterocycles. The van der Waals surface area contributed by atoms with E-state index >= 15 is 0 Å². The van der Waals surface area contributed by atoms with Gasteiger partial charge >= 0.3 is 0 Å². The number of rotatable bonds is 7. The van der Waals surface area contributed by atoms with Gasteiger partial charge in [-0.2, -0.15) is 0 Å². The van der Waals surface area contributed by atoms with Crippen LogP contribution in [0.1, 0.15) is 50.1 Å². The summed E-state index contributed by atoms with van der Waals surface area (Å²) in [7, 11) is 1.82. The van der Waals surface area contributed by atoms with E-state index in [1.807, 2.05) is 19.2 Å². The molecule has 3 aliphatic rings. The number of ether oxygens (including phenoxy) is 1. The number of fused-ring (bicyclic) bond motifs is 2. The Balaban J connectivity index is 1.37. The van der Waals surface area contributed by atoms with E-state index in [0.29, 0.717) is 12.0 Å². The van der Waals surface area contributed by atoms with E-state index in [4.69, 9.17) is 4.74 Å². The van der Waals surface area contributed by atoms with Gasteiger partial charge in [0.1, 0.15) is 5.82 Å². The molecule has 0 amide bonds. The Bertz CT molecular complexity index is 587. The predicted octanol–water partition coefficient (Wildman–Crippen LogP) is 4.00. The van der Waals surface area contributed by atoms with Gasteiger partial charge in [0, 0.05) is 44.9 Å². The second kappa shape index (κ2) is 8.37. The van der Waals surface area contributed by atoms with Crippen molar-refractivity contribution in [1.82, 2.24) is 10.2 Å². The molecule has 0 radical (unpaired) electrons. The molecule has 2 bridgehead atoms. The smallest absolute Gasteiger partial charge is 0.127 e. The van der Waals surface area contributed by atoms with Crippen molar-refractivity contribution in [2.75, 3.05) is 33.3 Å². The van der Waals surface area contributed by atoms with Gasteiger partial charge in [-0.1, -0.05) is 24.6 Å². The highest BCUT2D eigenvalue weighted by atomic mass is 19.1. The summed E-state index contributed by atoms with van der Waals surface area (Å²) in [6, 6.07) is 7.56. The van der Waals surface area contributed by atoms with Gasteiger partial charge < -0.3 is 15.0 Å². The van der Waals surface area contributed by atoms with E-state index in [0.717, 1.165) is 56.4 Å². The van der Waals surface area contributed by atoms with Crippen LogP contribution in [0.5, 0.6) is 0 Å². The molecular formula is C22H33FN2O. The lowest BCUT2D eigenvalue weighted by Gasteiger charge is -2.34. The maximum absolute atomic E-state index is 14.5. The van der Waals surface area contributed by atoms with Gasteiger partial charge in [-0.05, 0) is 55.9 Å². The minimum Gasteiger partial charge on any atom is -0.381 e. The number of nitrogens with one attached hydrogen (secondary N) is 1. The first kappa shape index (κ1) is 18.4. The number of nitrogens with zero attached hydrogens (tertiary/aromatic N) is 1. The van der Waals surface area contributed by atoms with Crippen LogP contribution in [0.2, 0.25) is 0 Å². The maximum atomic E-state index is 14.5. The molecule has 4 heteroatoms. The van der Waals surface area contributed by atoms with Gasteiger partial charge in [-0.25, -0.2) is 4.39 Å². The molecule has 1 aromatic rings. The van der Waals surface area contributed by atoms with Crippen LogP contribution in [0, 0.1) is 23.6 Å². The fourth-order valence-corrected chi connectivity index (χ4v) is 5.67. The number of piperidine rings is 1. The van der Waals surface area contributed by atoms with Crippen molar-refractivity contribution >= 4 is 0 Å². The van der Waals surface area contributed by atoms with Crippen LogP contribution >= 0.6 is 0 Å². The summed E-state index contributed by atoms with van der Waals surface area (Å²) in [5.74, 6) is 2.22. The summed E-state index contributed by atoms with van der Waals surface area (Å²) < 4.78 is 20.0. The zero-order chi connectivity index (χ0) is 17.9. The molecule has 0 spiro atoms. The molecule has 1 N–H and O–H groups in total. The SMILES string of the molecule is COC1CCN(CCN[C@H](c2ccccc2F)[C@H]2C[C@H]3CC[C@H]2C3)CC1. The summed E-state index contributed by atoms with van der Waals surface area (Å²) in [6.45, 7) is 4.20. The lowest BCUT2D eigenvalue weighted by molar-refractivity contribution is 0.0410. The van der Waals surface area contributed by atoms with Gasteiger partial charge in [-0.15, -0.1) is 0 Å². The van der Waals surface area contributed by atoms with E-state index < -0.39 is 0 Å². The topological polar surface area (TPSA) is 24.5 Å². The lowest BCUT2D eigenvalue weighted by Crippen LogP contribution is -2.42. The zero-order valence-corrected chi connectivity index (χ0v) is 16.0. The predicted molar refractivity (Wildman–Crippen MR) is 103 cm³/mol. The fraction of sp³-hybridized carbons (Fsp3) is 0.727. The molecule has 1 aromatic carbocycles. The van der Waals surface area contributed by atoms with E-state index in [-0.39, 0.29) is 11.9 Å². The Morgan fingerprint density at radius 1 is 1.15 bits per heavy atom. The Labute approximate surface area is 157 Å². The molecule has 2 aliphatic carbocycles.